The Kier molecular flexibility index (Phi) is 9.00. The van der Waals surface area contributed by atoms with Crippen LogP contribution < -0.4 is 0 Å². The third-order valence-corrected chi connectivity index (χ3v) is 10.0. The molecule has 1 aliphatic heterocycles. The second kappa shape index (κ2) is 12.8. The Morgan fingerprint density at radius 1 is 0.927 bits per heavy atom. The van der Waals surface area contributed by atoms with Gasteiger partial charge in [0.1, 0.15) is 5.25 Å². The van der Waals surface area contributed by atoms with Crippen molar-refractivity contribution >= 4 is 32.6 Å². The lowest BCUT2D eigenvalue weighted by molar-refractivity contribution is -0.149. The second-order valence-electron chi connectivity index (χ2n) is 10.8. The van der Waals surface area contributed by atoms with Gasteiger partial charge < -0.3 is 9.72 Å². The third kappa shape index (κ3) is 6.60. The molecule has 0 radical (unpaired) electrons. The number of hydrogen-bond donors (Lipinski definition) is 1. The van der Waals surface area contributed by atoms with E-state index in [1.807, 2.05) is 67.7 Å². The molecule has 7 nitrogen and oxygen atoms in total. The maximum Gasteiger partial charge on any atom is 0.248 e. The fourth-order valence-corrected chi connectivity index (χ4v) is 7.55. The number of rotatable bonds is 12. The van der Waals surface area contributed by atoms with E-state index in [9.17, 15) is 18.0 Å². The van der Waals surface area contributed by atoms with Crippen molar-refractivity contribution in [1.82, 2.24) is 9.88 Å². The number of imide groups is 1. The molecule has 2 atom stereocenters. The van der Waals surface area contributed by atoms with Crippen LogP contribution in [0, 0.1) is 12.8 Å². The van der Waals surface area contributed by atoms with E-state index < -0.39 is 26.9 Å². The van der Waals surface area contributed by atoms with Crippen LogP contribution >= 0.6 is 0 Å². The summed E-state index contributed by atoms with van der Waals surface area (Å²) in [6, 6.07) is 24.3. The molecule has 2 heterocycles. The Balaban J connectivity index is 1.29. The van der Waals surface area contributed by atoms with Crippen LogP contribution in [0.5, 0.6) is 0 Å². The molecule has 41 heavy (non-hydrogen) atoms. The molecular formula is C33H36N2O5S. The molecule has 3 aromatic carbocycles. The van der Waals surface area contributed by atoms with Gasteiger partial charge in [-0.2, -0.15) is 0 Å². The van der Waals surface area contributed by atoms with Gasteiger partial charge in [0.15, 0.2) is 9.84 Å². The summed E-state index contributed by atoms with van der Waals surface area (Å²) in [7, 11) is -4.00. The zero-order valence-electron chi connectivity index (χ0n) is 23.3. The minimum absolute atomic E-state index is 0.0280. The zero-order chi connectivity index (χ0) is 28.8. The molecule has 1 aromatic heterocycles. The van der Waals surface area contributed by atoms with Crippen molar-refractivity contribution < 1.29 is 22.7 Å². The molecule has 0 spiro atoms. The molecule has 1 saturated heterocycles. The Morgan fingerprint density at radius 3 is 2.44 bits per heavy atom. The second-order valence-corrected chi connectivity index (χ2v) is 12.8. The van der Waals surface area contributed by atoms with Crippen molar-refractivity contribution in [3.63, 3.8) is 0 Å². The monoisotopic (exact) mass is 572 g/mol. The molecule has 1 N–H and O–H groups in total. The molecule has 5 rings (SSSR count). The molecule has 0 unspecified atom stereocenters. The summed E-state index contributed by atoms with van der Waals surface area (Å²) >= 11 is 0. The molecule has 8 heteroatoms. The van der Waals surface area contributed by atoms with Gasteiger partial charge >= 0.3 is 0 Å². The summed E-state index contributed by atoms with van der Waals surface area (Å²) in [6.07, 6.45) is 4.19. The average Bonchev–Trinajstić information content (AvgIpc) is 3.38. The van der Waals surface area contributed by atoms with E-state index in [2.05, 4.69) is 4.98 Å². The largest absolute Gasteiger partial charge is 0.377 e. The van der Waals surface area contributed by atoms with Crippen molar-refractivity contribution in [2.45, 2.75) is 55.8 Å². The van der Waals surface area contributed by atoms with E-state index >= 15 is 0 Å². The van der Waals surface area contributed by atoms with Gasteiger partial charge in [-0.25, -0.2) is 8.42 Å². The van der Waals surface area contributed by atoms with Gasteiger partial charge in [-0.3, -0.25) is 14.5 Å². The number of unbranched alkanes of at least 4 members (excludes halogenated alkanes) is 1. The van der Waals surface area contributed by atoms with Crippen LogP contribution in [-0.4, -0.2) is 48.5 Å². The van der Waals surface area contributed by atoms with Gasteiger partial charge in [0, 0.05) is 36.7 Å². The summed E-state index contributed by atoms with van der Waals surface area (Å²) in [5.74, 6) is -1.51. The van der Waals surface area contributed by atoms with Gasteiger partial charge in [0.05, 0.1) is 11.5 Å². The quantitative estimate of drug-likeness (QED) is 0.176. The number of carbonyl (C=O) groups excluding carboxylic acids is 2. The zero-order valence-corrected chi connectivity index (χ0v) is 24.1. The van der Waals surface area contributed by atoms with Crippen molar-refractivity contribution in [2.24, 2.45) is 5.92 Å². The van der Waals surface area contributed by atoms with Crippen LogP contribution in [0.15, 0.2) is 90.0 Å². The van der Waals surface area contributed by atoms with Crippen LogP contribution in [0.1, 0.15) is 42.4 Å². The maximum absolute atomic E-state index is 13.9. The molecule has 214 valence electrons. The highest BCUT2D eigenvalue weighted by molar-refractivity contribution is 7.92. The van der Waals surface area contributed by atoms with Gasteiger partial charge in [-0.15, -0.1) is 0 Å². The summed E-state index contributed by atoms with van der Waals surface area (Å²) in [5, 5.41) is -0.267. The van der Waals surface area contributed by atoms with Crippen LogP contribution in [0.4, 0.5) is 0 Å². The molecule has 0 aliphatic carbocycles. The number of para-hydroxylation sites is 1. The van der Waals surface area contributed by atoms with Crippen molar-refractivity contribution in [2.75, 3.05) is 13.2 Å². The number of aromatic nitrogens is 1. The molecule has 0 saturated carbocycles. The predicted octanol–water partition coefficient (Wildman–Crippen LogP) is 5.62. The topological polar surface area (TPSA) is 96.5 Å². The van der Waals surface area contributed by atoms with E-state index in [-0.39, 0.29) is 23.8 Å². The number of piperidine rings is 1. The lowest BCUT2D eigenvalue weighted by atomic mass is 9.89. The fourth-order valence-electron chi connectivity index (χ4n) is 5.61. The van der Waals surface area contributed by atoms with E-state index in [0.29, 0.717) is 38.9 Å². The van der Waals surface area contributed by atoms with E-state index in [4.69, 9.17) is 4.74 Å². The van der Waals surface area contributed by atoms with Crippen LogP contribution in [-0.2, 0) is 37.2 Å². The molecule has 1 fully saturated rings. The SMILES string of the molecule is Cc1ccc(S(=O)(=O)[C@H]2C(=O)N(CCc3c[nH]c4ccccc34)C(=O)C[C@@H]2CCCCOCc2ccccc2)cc1. The molecular weight excluding hydrogens is 536 g/mol. The van der Waals surface area contributed by atoms with Crippen LogP contribution in [0.2, 0.25) is 0 Å². The maximum atomic E-state index is 13.9. The Bertz CT molecular complexity index is 1600. The number of aryl methyl sites for hydroxylation is 1. The number of fused-ring (bicyclic) bond motifs is 1. The van der Waals surface area contributed by atoms with Crippen molar-refractivity contribution in [3.05, 3.63) is 102 Å². The molecule has 0 bridgehead atoms. The van der Waals surface area contributed by atoms with Crippen molar-refractivity contribution in [1.29, 1.82) is 0 Å². The number of benzene rings is 3. The van der Waals surface area contributed by atoms with Gasteiger partial charge in [-0.1, -0.05) is 72.6 Å². The number of amides is 2. The first-order chi connectivity index (χ1) is 19.8. The molecule has 4 aromatic rings. The first kappa shape index (κ1) is 28.8. The van der Waals surface area contributed by atoms with Crippen molar-refractivity contribution in [3.8, 4) is 0 Å². The summed E-state index contributed by atoms with van der Waals surface area (Å²) < 4.78 is 33.5. The predicted molar refractivity (Wildman–Crippen MR) is 159 cm³/mol. The standard InChI is InChI=1S/C33H36N2O5S/c1-24-14-16-28(17-15-24)41(38,39)32-26(11-7-8-20-40-23-25-9-3-2-4-10-25)21-31(36)35(33(32)37)19-18-27-22-34-30-13-6-5-12-29(27)30/h2-6,9-10,12-17,22,26,32,34H,7-8,11,18-21,23H2,1H3/t26-,32+/m0/s1. The number of likely N-dealkylation sites (tertiary alicyclic amines) is 1. The number of sulfone groups is 1. The summed E-state index contributed by atoms with van der Waals surface area (Å²) in [6.45, 7) is 3.06. The average molecular weight is 573 g/mol. The Hall–Kier alpha value is -3.75. The van der Waals surface area contributed by atoms with E-state index in [1.165, 1.54) is 0 Å². The minimum Gasteiger partial charge on any atom is -0.377 e. The lowest BCUT2D eigenvalue weighted by Gasteiger charge is -2.36. The van der Waals surface area contributed by atoms with Gasteiger partial charge in [0.2, 0.25) is 11.8 Å². The number of carbonyl (C=O) groups is 2. The summed E-state index contributed by atoms with van der Waals surface area (Å²) in [5.41, 5.74) is 3.98. The molecule has 1 aliphatic rings. The molecule has 2 amide bonds. The first-order valence-electron chi connectivity index (χ1n) is 14.2. The highest BCUT2D eigenvalue weighted by atomic mass is 32.2. The van der Waals surface area contributed by atoms with Gasteiger partial charge in [-0.05, 0) is 61.4 Å². The first-order valence-corrected chi connectivity index (χ1v) is 15.7. The number of nitrogens with zero attached hydrogens (tertiary/aromatic N) is 1. The van der Waals surface area contributed by atoms with E-state index in [0.717, 1.165) is 32.5 Å². The number of H-pyrrole nitrogens is 1. The van der Waals surface area contributed by atoms with Crippen LogP contribution in [0.25, 0.3) is 10.9 Å². The van der Waals surface area contributed by atoms with E-state index in [1.54, 1.807) is 24.3 Å². The smallest absolute Gasteiger partial charge is 0.248 e. The third-order valence-electron chi connectivity index (χ3n) is 7.86. The summed E-state index contributed by atoms with van der Waals surface area (Å²) in [4.78, 5) is 31.6. The normalized spacial score (nSPS) is 17.8. The highest BCUT2D eigenvalue weighted by Gasteiger charge is 2.48. The number of aromatic amines is 1. The fraction of sp³-hybridized carbons (Fsp3) is 0.333. The number of nitrogens with one attached hydrogen (secondary N) is 1. The minimum atomic E-state index is -4.00. The number of ether oxygens (including phenoxy) is 1. The Labute approximate surface area is 241 Å². The lowest BCUT2D eigenvalue weighted by Crippen LogP contribution is -2.55. The highest BCUT2D eigenvalue weighted by Crippen LogP contribution is 2.34. The number of hydrogen-bond acceptors (Lipinski definition) is 5. The Morgan fingerprint density at radius 2 is 1.66 bits per heavy atom. The van der Waals surface area contributed by atoms with Gasteiger partial charge in [0.25, 0.3) is 0 Å². The van der Waals surface area contributed by atoms with Crippen LogP contribution in [0.3, 0.4) is 0 Å².